The second-order valence-corrected chi connectivity index (χ2v) is 8.63. The summed E-state index contributed by atoms with van der Waals surface area (Å²) in [6.07, 6.45) is 4.47. The molecule has 3 N–H and O–H groups in total. The van der Waals surface area contributed by atoms with Crippen molar-refractivity contribution in [1.29, 1.82) is 0 Å². The third-order valence-corrected chi connectivity index (χ3v) is 7.05. The largest absolute Gasteiger partial charge is 0.381 e. The molecule has 2 amide bonds. The molecule has 0 aromatic carbocycles. The number of ether oxygens (including phenoxy) is 1. The maximum absolute atomic E-state index is 12.9. The Labute approximate surface area is 166 Å². The van der Waals surface area contributed by atoms with Gasteiger partial charge in [0.1, 0.15) is 9.71 Å². The van der Waals surface area contributed by atoms with Crippen LogP contribution >= 0.6 is 11.3 Å². The monoisotopic (exact) mass is 401 g/mol. The van der Waals surface area contributed by atoms with Gasteiger partial charge >= 0.3 is 0 Å². The SMILES string of the molecule is NC(=O)c1sc2nccc3c2c1N([C@@H]1CCCN(C(=O)[C@@H]2CCOC2)C1)CN3. The van der Waals surface area contributed by atoms with E-state index in [4.69, 9.17) is 10.5 Å². The first kappa shape index (κ1) is 17.7. The Balaban J connectivity index is 1.47. The number of anilines is 2. The van der Waals surface area contributed by atoms with Crippen molar-refractivity contribution in [3.63, 3.8) is 0 Å². The minimum atomic E-state index is -0.428. The second kappa shape index (κ2) is 6.89. The summed E-state index contributed by atoms with van der Waals surface area (Å²) in [5.74, 6) is -0.250. The number of rotatable bonds is 3. The van der Waals surface area contributed by atoms with Crippen molar-refractivity contribution in [2.45, 2.75) is 25.3 Å². The molecule has 0 aliphatic carbocycles. The van der Waals surface area contributed by atoms with Gasteiger partial charge in [0.25, 0.3) is 5.91 Å². The summed E-state index contributed by atoms with van der Waals surface area (Å²) in [6, 6.07) is 2.06. The number of likely N-dealkylation sites (tertiary alicyclic amines) is 1. The zero-order valence-corrected chi connectivity index (χ0v) is 16.3. The van der Waals surface area contributed by atoms with Gasteiger partial charge in [0.2, 0.25) is 5.91 Å². The van der Waals surface area contributed by atoms with Crippen molar-refractivity contribution >= 4 is 44.7 Å². The van der Waals surface area contributed by atoms with Crippen molar-refractivity contribution in [2.75, 3.05) is 43.2 Å². The number of hydrogen-bond donors (Lipinski definition) is 2. The van der Waals surface area contributed by atoms with Gasteiger partial charge in [-0.1, -0.05) is 0 Å². The van der Waals surface area contributed by atoms with Gasteiger partial charge < -0.3 is 25.6 Å². The summed E-state index contributed by atoms with van der Waals surface area (Å²) in [5.41, 5.74) is 7.55. The molecule has 5 rings (SSSR count). The smallest absolute Gasteiger partial charge is 0.261 e. The highest BCUT2D eigenvalue weighted by Crippen LogP contribution is 2.44. The van der Waals surface area contributed by atoms with E-state index in [0.29, 0.717) is 31.3 Å². The fourth-order valence-corrected chi connectivity index (χ4v) is 5.59. The molecule has 0 saturated carbocycles. The lowest BCUT2D eigenvalue weighted by molar-refractivity contribution is -0.136. The van der Waals surface area contributed by atoms with Crippen LogP contribution in [0.3, 0.4) is 0 Å². The Bertz CT molecular complexity index is 939. The lowest BCUT2D eigenvalue weighted by atomic mass is 9.99. The van der Waals surface area contributed by atoms with Crippen LogP contribution in [-0.2, 0) is 9.53 Å². The Morgan fingerprint density at radius 1 is 1.36 bits per heavy atom. The molecule has 2 aromatic rings. The molecule has 2 saturated heterocycles. The maximum atomic E-state index is 12.9. The number of amides is 2. The van der Waals surface area contributed by atoms with Gasteiger partial charge in [-0.3, -0.25) is 9.59 Å². The predicted octanol–water partition coefficient (Wildman–Crippen LogP) is 1.61. The highest BCUT2D eigenvalue weighted by molar-refractivity contribution is 7.21. The van der Waals surface area contributed by atoms with Crippen LogP contribution < -0.4 is 16.0 Å². The van der Waals surface area contributed by atoms with Gasteiger partial charge in [0.05, 0.1) is 30.3 Å². The van der Waals surface area contributed by atoms with Gasteiger partial charge in [0.15, 0.2) is 0 Å². The number of nitrogens with one attached hydrogen (secondary N) is 1. The summed E-state index contributed by atoms with van der Waals surface area (Å²) < 4.78 is 5.40. The number of nitrogens with zero attached hydrogens (tertiary/aromatic N) is 3. The summed E-state index contributed by atoms with van der Waals surface area (Å²) in [6.45, 7) is 3.22. The minimum Gasteiger partial charge on any atom is -0.381 e. The van der Waals surface area contributed by atoms with Crippen molar-refractivity contribution < 1.29 is 14.3 Å². The third kappa shape index (κ3) is 2.80. The quantitative estimate of drug-likeness (QED) is 0.810. The van der Waals surface area contributed by atoms with E-state index >= 15 is 0 Å². The van der Waals surface area contributed by atoms with Crippen LogP contribution in [-0.4, -0.2) is 60.7 Å². The normalized spacial score (nSPS) is 24.4. The zero-order chi connectivity index (χ0) is 19.3. The molecule has 2 atom stereocenters. The van der Waals surface area contributed by atoms with Gasteiger partial charge in [-0.2, -0.15) is 0 Å². The number of hydrogen-bond acceptors (Lipinski definition) is 7. The van der Waals surface area contributed by atoms with E-state index < -0.39 is 5.91 Å². The molecular formula is C19H23N5O3S. The summed E-state index contributed by atoms with van der Waals surface area (Å²) in [7, 11) is 0. The van der Waals surface area contributed by atoms with Crippen molar-refractivity contribution in [2.24, 2.45) is 11.7 Å². The van der Waals surface area contributed by atoms with Crippen molar-refractivity contribution in [3.05, 3.63) is 17.1 Å². The molecule has 3 aliphatic heterocycles. The van der Waals surface area contributed by atoms with Crippen LogP contribution in [0.15, 0.2) is 12.3 Å². The number of thiophene rings is 1. The lowest BCUT2D eigenvalue weighted by Crippen LogP contribution is -2.53. The van der Waals surface area contributed by atoms with E-state index in [1.54, 1.807) is 6.20 Å². The molecule has 2 aromatic heterocycles. The van der Waals surface area contributed by atoms with Crippen molar-refractivity contribution in [1.82, 2.24) is 9.88 Å². The van der Waals surface area contributed by atoms with Gasteiger partial charge in [-0.25, -0.2) is 4.98 Å². The van der Waals surface area contributed by atoms with Crippen LogP contribution in [0.1, 0.15) is 28.9 Å². The molecule has 3 aliphatic rings. The van der Waals surface area contributed by atoms with Gasteiger partial charge in [0, 0.05) is 37.6 Å². The summed E-state index contributed by atoms with van der Waals surface area (Å²) in [4.78, 5) is 35.0. The van der Waals surface area contributed by atoms with Crippen LogP contribution in [0.4, 0.5) is 11.4 Å². The number of carbonyl (C=O) groups is 2. The molecule has 148 valence electrons. The molecule has 28 heavy (non-hydrogen) atoms. The molecule has 0 spiro atoms. The Hall–Kier alpha value is -2.39. The predicted molar refractivity (Wildman–Crippen MR) is 108 cm³/mol. The molecule has 0 radical (unpaired) electrons. The molecule has 5 heterocycles. The van der Waals surface area contributed by atoms with Gasteiger partial charge in [-0.15, -0.1) is 11.3 Å². The van der Waals surface area contributed by atoms with Crippen LogP contribution in [0, 0.1) is 5.92 Å². The van der Waals surface area contributed by atoms with Gasteiger partial charge in [-0.05, 0) is 25.3 Å². The number of nitrogens with two attached hydrogens (primary N) is 1. The average molecular weight is 401 g/mol. The first-order valence-electron chi connectivity index (χ1n) is 9.72. The highest BCUT2D eigenvalue weighted by atomic mass is 32.1. The summed E-state index contributed by atoms with van der Waals surface area (Å²) in [5, 5.41) is 4.40. The molecule has 0 bridgehead atoms. The molecule has 0 unspecified atom stereocenters. The van der Waals surface area contributed by atoms with E-state index in [1.807, 2.05) is 11.0 Å². The van der Waals surface area contributed by atoms with E-state index in [2.05, 4.69) is 15.2 Å². The number of primary amides is 1. The molecule has 9 heteroatoms. The van der Waals surface area contributed by atoms with Crippen LogP contribution in [0.5, 0.6) is 0 Å². The third-order valence-electron chi connectivity index (χ3n) is 5.95. The second-order valence-electron chi connectivity index (χ2n) is 7.63. The topological polar surface area (TPSA) is 101 Å². The lowest BCUT2D eigenvalue weighted by Gasteiger charge is -2.42. The fourth-order valence-electron chi connectivity index (χ4n) is 4.55. The average Bonchev–Trinajstić information content (AvgIpc) is 3.38. The van der Waals surface area contributed by atoms with E-state index in [0.717, 1.165) is 47.4 Å². The number of aromatic nitrogens is 1. The number of piperidine rings is 1. The van der Waals surface area contributed by atoms with Crippen LogP contribution in [0.25, 0.3) is 10.2 Å². The minimum absolute atomic E-state index is 0.0165. The fraction of sp³-hybridized carbons (Fsp3) is 0.526. The Kier molecular flexibility index (Phi) is 4.36. The number of carbonyl (C=O) groups excluding carboxylic acids is 2. The highest BCUT2D eigenvalue weighted by Gasteiger charge is 2.36. The molecule has 2 fully saturated rings. The number of pyridine rings is 1. The van der Waals surface area contributed by atoms with Crippen LogP contribution in [0.2, 0.25) is 0 Å². The zero-order valence-electron chi connectivity index (χ0n) is 15.5. The Morgan fingerprint density at radius 3 is 3.04 bits per heavy atom. The standard InChI is InChI=1S/C19H23N5O3S/c20-17(25)16-15-14-13(3-5-21-18(14)28-16)22-10-24(15)12-2-1-6-23(8-12)19(26)11-4-7-27-9-11/h3,5,11-12,22H,1-2,4,6-10H2,(H2,20,25)/t11-,12-/m1/s1. The van der Waals surface area contributed by atoms with E-state index in [1.165, 1.54) is 11.3 Å². The maximum Gasteiger partial charge on any atom is 0.261 e. The Morgan fingerprint density at radius 2 is 2.25 bits per heavy atom. The van der Waals surface area contributed by atoms with E-state index in [9.17, 15) is 9.59 Å². The first-order valence-corrected chi connectivity index (χ1v) is 10.5. The van der Waals surface area contributed by atoms with E-state index in [-0.39, 0.29) is 17.9 Å². The molecular weight excluding hydrogens is 378 g/mol. The van der Waals surface area contributed by atoms with Crippen molar-refractivity contribution in [3.8, 4) is 0 Å². The summed E-state index contributed by atoms with van der Waals surface area (Å²) >= 11 is 1.34. The first-order chi connectivity index (χ1) is 13.6. The molecule has 8 nitrogen and oxygen atoms in total.